The summed E-state index contributed by atoms with van der Waals surface area (Å²) in [4.78, 5) is 14.7. The second-order valence-corrected chi connectivity index (χ2v) is 16.9. The van der Waals surface area contributed by atoms with Gasteiger partial charge in [-0.05, 0) is 42.6 Å². The summed E-state index contributed by atoms with van der Waals surface area (Å²) in [7, 11) is -0.583. The lowest BCUT2D eigenvalue weighted by atomic mass is 9.85. The van der Waals surface area contributed by atoms with E-state index < -0.39 is 13.8 Å². The molecule has 0 N–H and O–H groups in total. The van der Waals surface area contributed by atoms with Crippen molar-refractivity contribution in [2.45, 2.75) is 106 Å². The van der Waals surface area contributed by atoms with E-state index in [-0.39, 0.29) is 29.8 Å². The van der Waals surface area contributed by atoms with Gasteiger partial charge in [0.05, 0.1) is 12.1 Å². The molecule has 0 aromatic heterocycles. The molecule has 31 heavy (non-hydrogen) atoms. The van der Waals surface area contributed by atoms with Gasteiger partial charge in [-0.1, -0.05) is 71.5 Å². The number of amides is 1. The van der Waals surface area contributed by atoms with Crippen LogP contribution in [0.15, 0.2) is 35.2 Å². The first kappa shape index (κ1) is 24.6. The Labute approximate surface area is 193 Å². The fourth-order valence-electron chi connectivity index (χ4n) is 6.50. The minimum atomic E-state index is -2.28. The van der Waals surface area contributed by atoms with Crippen molar-refractivity contribution in [1.29, 1.82) is 0 Å². The van der Waals surface area contributed by atoms with E-state index in [1.54, 1.807) is 18.9 Å². The van der Waals surface area contributed by atoms with Crippen LogP contribution in [0.3, 0.4) is 0 Å². The molecule has 0 unspecified atom stereocenters. The molecule has 7 heteroatoms. The molecule has 2 heterocycles. The maximum absolute atomic E-state index is 13.6. The van der Waals surface area contributed by atoms with E-state index in [2.05, 4.69) is 65.2 Å². The van der Waals surface area contributed by atoms with E-state index in [1.165, 1.54) is 0 Å². The molecule has 2 aliphatic rings. The first-order chi connectivity index (χ1) is 14.5. The quantitative estimate of drug-likeness (QED) is 0.443. The summed E-state index contributed by atoms with van der Waals surface area (Å²) in [6, 6.07) is 10.0. The highest BCUT2D eigenvalue weighted by atomic mass is 32.2. The van der Waals surface area contributed by atoms with E-state index in [4.69, 9.17) is 14.2 Å². The normalized spacial score (nSPS) is 31.5. The fraction of sp³-hybridized carbons (Fsp3) is 0.708. The molecule has 3 rings (SSSR count). The molecular weight excluding hydrogens is 426 g/mol. The Hall–Kier alpha value is -1.02. The van der Waals surface area contributed by atoms with E-state index >= 15 is 0 Å². The molecule has 2 aliphatic heterocycles. The molecule has 0 aliphatic carbocycles. The number of thioether (sulfide) groups is 1. The van der Waals surface area contributed by atoms with Crippen LogP contribution in [0, 0.1) is 0 Å². The lowest BCUT2D eigenvalue weighted by Gasteiger charge is -2.55. The van der Waals surface area contributed by atoms with Gasteiger partial charge < -0.3 is 18.8 Å². The predicted octanol–water partition coefficient (Wildman–Crippen LogP) is 6.29. The highest BCUT2D eigenvalue weighted by molar-refractivity contribution is 7.99. The second-order valence-electron chi connectivity index (χ2n) is 10.0. The van der Waals surface area contributed by atoms with Crippen molar-refractivity contribution in [2.24, 2.45) is 0 Å². The number of fused-ring (bicyclic) bond motifs is 1. The van der Waals surface area contributed by atoms with Crippen molar-refractivity contribution in [3.8, 4) is 0 Å². The number of ether oxygens (including phenoxy) is 3. The standard InChI is InChI=1S/C24H39NO4SSi/c1-15(2)31(16(3)4,17(5)6)25-20-18(7)28-22(30-19-13-11-10-12-14-19)21(27-9)24(20,8)29-23(25)26/h10-18,20-22H,1-9H3/t18-,20+,21-,22-,24+/m0/s1. The predicted molar refractivity (Wildman–Crippen MR) is 129 cm³/mol. The van der Waals surface area contributed by atoms with Gasteiger partial charge in [0.15, 0.2) is 13.8 Å². The lowest BCUT2D eigenvalue weighted by molar-refractivity contribution is -0.188. The zero-order valence-electron chi connectivity index (χ0n) is 20.4. The van der Waals surface area contributed by atoms with Crippen molar-refractivity contribution in [3.05, 3.63) is 30.3 Å². The average Bonchev–Trinajstić information content (AvgIpc) is 2.94. The topological polar surface area (TPSA) is 48.0 Å². The number of benzene rings is 1. The van der Waals surface area contributed by atoms with Crippen molar-refractivity contribution in [1.82, 2.24) is 4.57 Å². The zero-order chi connectivity index (χ0) is 23.1. The molecular formula is C24H39NO4SSi. The van der Waals surface area contributed by atoms with Crippen LogP contribution in [0.1, 0.15) is 55.4 Å². The Morgan fingerprint density at radius 3 is 2.10 bits per heavy atom. The van der Waals surface area contributed by atoms with E-state index in [1.807, 2.05) is 25.1 Å². The largest absolute Gasteiger partial charge is 0.438 e. The third-order valence-electron chi connectivity index (χ3n) is 7.42. The molecule has 0 radical (unpaired) electrons. The molecule has 0 bridgehead atoms. The lowest BCUT2D eigenvalue weighted by Crippen LogP contribution is -2.71. The summed E-state index contributed by atoms with van der Waals surface area (Å²) in [5.74, 6) is 0. The van der Waals surface area contributed by atoms with Gasteiger partial charge >= 0.3 is 6.09 Å². The number of hydrogen-bond acceptors (Lipinski definition) is 5. The highest BCUT2D eigenvalue weighted by Gasteiger charge is 2.68. The van der Waals surface area contributed by atoms with E-state index in [0.29, 0.717) is 16.6 Å². The molecule has 1 aromatic rings. The Morgan fingerprint density at radius 2 is 1.61 bits per heavy atom. The van der Waals surface area contributed by atoms with Crippen molar-refractivity contribution >= 4 is 26.1 Å². The Bertz CT molecular complexity index is 752. The molecule has 2 saturated heterocycles. The number of carbonyl (C=O) groups excluding carboxylic acids is 1. The van der Waals surface area contributed by atoms with Gasteiger partial charge in [0.2, 0.25) is 0 Å². The van der Waals surface area contributed by atoms with Gasteiger partial charge in [-0.15, -0.1) is 0 Å². The molecule has 174 valence electrons. The van der Waals surface area contributed by atoms with Crippen LogP contribution >= 0.6 is 11.8 Å². The molecule has 0 saturated carbocycles. The van der Waals surface area contributed by atoms with Crippen LogP contribution in [0.4, 0.5) is 4.79 Å². The van der Waals surface area contributed by atoms with Crippen molar-refractivity contribution in [2.75, 3.05) is 7.11 Å². The summed E-state index contributed by atoms with van der Waals surface area (Å²) >= 11 is 1.63. The third kappa shape index (κ3) is 3.85. The molecule has 1 aromatic carbocycles. The molecule has 2 fully saturated rings. The van der Waals surface area contributed by atoms with E-state index in [9.17, 15) is 4.79 Å². The van der Waals surface area contributed by atoms with Crippen LogP contribution in [0.25, 0.3) is 0 Å². The summed E-state index contributed by atoms with van der Waals surface area (Å²) in [5.41, 5.74) is 0.156. The second kappa shape index (κ2) is 9.08. The van der Waals surface area contributed by atoms with Gasteiger partial charge in [-0.2, -0.15) is 0 Å². The molecule has 1 amide bonds. The SMILES string of the molecule is CO[C@H]1[C@H](Sc2ccccc2)O[C@@H](C)[C@H]2N([Si](C(C)C)(C(C)C)C(C)C)C(=O)O[C@@]12C. The van der Waals surface area contributed by atoms with Crippen LogP contribution in [-0.2, 0) is 14.2 Å². The van der Waals surface area contributed by atoms with Gasteiger partial charge in [0.1, 0.15) is 11.5 Å². The minimum Gasteiger partial charge on any atom is -0.438 e. The number of rotatable bonds is 7. The molecule has 5 atom stereocenters. The molecule has 5 nitrogen and oxygen atoms in total. The van der Waals surface area contributed by atoms with Crippen LogP contribution in [0.2, 0.25) is 16.6 Å². The summed E-state index contributed by atoms with van der Waals surface area (Å²) in [5, 5.41) is 0. The van der Waals surface area contributed by atoms with Gasteiger partial charge in [-0.3, -0.25) is 0 Å². The maximum Gasteiger partial charge on any atom is 0.402 e. The van der Waals surface area contributed by atoms with Gasteiger partial charge in [0, 0.05) is 12.0 Å². The van der Waals surface area contributed by atoms with E-state index in [0.717, 1.165) is 4.90 Å². The Balaban J connectivity index is 2.05. The van der Waals surface area contributed by atoms with Crippen LogP contribution in [0.5, 0.6) is 0 Å². The monoisotopic (exact) mass is 465 g/mol. The summed E-state index contributed by atoms with van der Waals surface area (Å²) in [6.45, 7) is 17.7. The first-order valence-electron chi connectivity index (χ1n) is 11.4. The maximum atomic E-state index is 13.6. The minimum absolute atomic E-state index is 0.160. The van der Waals surface area contributed by atoms with Crippen molar-refractivity contribution in [3.63, 3.8) is 0 Å². The third-order valence-corrected chi connectivity index (χ3v) is 15.4. The number of carbonyl (C=O) groups is 1. The van der Waals surface area contributed by atoms with Crippen LogP contribution in [-0.4, -0.2) is 55.3 Å². The number of hydrogen-bond donors (Lipinski definition) is 0. The van der Waals surface area contributed by atoms with Gasteiger partial charge in [0.25, 0.3) is 0 Å². The number of nitrogens with zero attached hydrogens (tertiary/aromatic N) is 1. The van der Waals surface area contributed by atoms with Crippen molar-refractivity contribution < 1.29 is 19.0 Å². The highest BCUT2D eigenvalue weighted by Crippen LogP contribution is 2.53. The smallest absolute Gasteiger partial charge is 0.402 e. The summed E-state index contributed by atoms with van der Waals surface area (Å²) in [6.07, 6.45) is -0.726. The fourth-order valence-corrected chi connectivity index (χ4v) is 14.8. The molecule has 0 spiro atoms. The number of methoxy groups -OCH3 is 1. The first-order valence-corrected chi connectivity index (χ1v) is 14.5. The average molecular weight is 466 g/mol. The Morgan fingerprint density at radius 1 is 1.06 bits per heavy atom. The Kier molecular flexibility index (Phi) is 7.21. The van der Waals surface area contributed by atoms with Crippen LogP contribution < -0.4 is 0 Å². The summed E-state index contributed by atoms with van der Waals surface area (Å²) < 4.78 is 21.0. The zero-order valence-corrected chi connectivity index (χ0v) is 22.2. The van der Waals surface area contributed by atoms with Gasteiger partial charge in [-0.25, -0.2) is 4.79 Å².